The maximum absolute atomic E-state index is 12.9. The van der Waals surface area contributed by atoms with Gasteiger partial charge in [-0.1, -0.05) is 89.2 Å². The van der Waals surface area contributed by atoms with Crippen LogP contribution in [0, 0.1) is 11.3 Å². The number of aliphatic hydroxyl groups excluding tert-OH is 2. The van der Waals surface area contributed by atoms with Crippen molar-refractivity contribution >= 4 is 11.8 Å². The lowest BCUT2D eigenvalue weighted by Gasteiger charge is -2.29. The Labute approximate surface area is 238 Å². The predicted octanol–water partition coefficient (Wildman–Crippen LogP) is 4.49. The van der Waals surface area contributed by atoms with E-state index in [1.165, 1.54) is 6.26 Å². The van der Waals surface area contributed by atoms with Gasteiger partial charge in [0.15, 0.2) is 11.5 Å². The molecule has 2 atom stereocenters. The summed E-state index contributed by atoms with van der Waals surface area (Å²) in [5, 5.41) is 24.8. The normalized spacial score (nSPS) is 13.2. The van der Waals surface area contributed by atoms with Crippen LogP contribution in [0.3, 0.4) is 0 Å². The van der Waals surface area contributed by atoms with E-state index in [-0.39, 0.29) is 30.9 Å². The molecule has 216 valence electrons. The predicted molar refractivity (Wildman–Crippen MR) is 153 cm³/mol. The van der Waals surface area contributed by atoms with Crippen LogP contribution in [0.4, 0.5) is 0 Å². The number of amides is 2. The SMILES string of the molecule is CC(C)[C@H](O)C(=O)NCC(=O)N[C@H](c1nc(-c2nc(CO)co2)c(-c2ccc(-c3ccccc3)cc2)o1)C(C)(C)C. The summed E-state index contributed by atoms with van der Waals surface area (Å²) in [6.45, 7) is 8.57. The molecule has 0 unspecified atom stereocenters. The van der Waals surface area contributed by atoms with Gasteiger partial charge in [0.25, 0.3) is 0 Å². The smallest absolute Gasteiger partial charge is 0.249 e. The van der Waals surface area contributed by atoms with Crippen molar-refractivity contribution in [2.24, 2.45) is 11.3 Å². The van der Waals surface area contributed by atoms with Crippen LogP contribution in [0.2, 0.25) is 0 Å². The Morgan fingerprint density at radius 2 is 1.59 bits per heavy atom. The Morgan fingerprint density at radius 1 is 0.951 bits per heavy atom. The number of rotatable bonds is 10. The van der Waals surface area contributed by atoms with Crippen molar-refractivity contribution in [1.29, 1.82) is 0 Å². The molecule has 0 aliphatic carbocycles. The first kappa shape index (κ1) is 29.7. The zero-order valence-corrected chi connectivity index (χ0v) is 23.8. The number of oxazole rings is 2. The summed E-state index contributed by atoms with van der Waals surface area (Å²) in [4.78, 5) is 34.1. The minimum Gasteiger partial charge on any atom is -0.443 e. The fraction of sp³-hybridized carbons (Fsp3) is 0.355. The Hall–Kier alpha value is -4.28. The van der Waals surface area contributed by atoms with Crippen LogP contribution in [-0.4, -0.2) is 44.6 Å². The average Bonchev–Trinajstić information content (AvgIpc) is 3.61. The number of aromatic nitrogens is 2. The Balaban J connectivity index is 1.67. The van der Waals surface area contributed by atoms with Gasteiger partial charge in [0.2, 0.25) is 23.6 Å². The third kappa shape index (κ3) is 7.08. The van der Waals surface area contributed by atoms with Crippen molar-refractivity contribution in [3.8, 4) is 34.0 Å². The number of nitrogens with one attached hydrogen (secondary N) is 2. The lowest BCUT2D eigenvalue weighted by atomic mass is 9.86. The molecule has 0 saturated heterocycles. The lowest BCUT2D eigenvalue weighted by Crippen LogP contribution is -2.45. The minimum atomic E-state index is -1.21. The van der Waals surface area contributed by atoms with E-state index >= 15 is 0 Å². The van der Waals surface area contributed by atoms with Crippen LogP contribution in [0.1, 0.15) is 52.2 Å². The molecule has 0 fully saturated rings. The molecule has 0 spiro atoms. The van der Waals surface area contributed by atoms with Crippen molar-refractivity contribution in [2.45, 2.75) is 53.4 Å². The summed E-state index contributed by atoms with van der Waals surface area (Å²) in [6, 6.07) is 17.0. The van der Waals surface area contributed by atoms with Crippen LogP contribution in [0.5, 0.6) is 0 Å². The zero-order chi connectivity index (χ0) is 29.7. The molecular formula is C31H36N4O6. The molecule has 2 aromatic carbocycles. The molecule has 0 radical (unpaired) electrons. The monoisotopic (exact) mass is 560 g/mol. The molecule has 2 heterocycles. The minimum absolute atomic E-state index is 0.167. The number of hydrogen-bond donors (Lipinski definition) is 4. The van der Waals surface area contributed by atoms with Gasteiger partial charge in [-0.05, 0) is 22.5 Å². The highest BCUT2D eigenvalue weighted by atomic mass is 16.4. The van der Waals surface area contributed by atoms with Crippen LogP contribution >= 0.6 is 0 Å². The largest absolute Gasteiger partial charge is 0.443 e. The van der Waals surface area contributed by atoms with E-state index < -0.39 is 29.4 Å². The number of benzene rings is 2. The zero-order valence-electron chi connectivity index (χ0n) is 23.8. The molecule has 0 bridgehead atoms. The molecule has 4 N–H and O–H groups in total. The molecule has 0 saturated carbocycles. The molecule has 10 nitrogen and oxygen atoms in total. The summed E-state index contributed by atoms with van der Waals surface area (Å²) in [6.07, 6.45) is 0.138. The summed E-state index contributed by atoms with van der Waals surface area (Å²) < 4.78 is 11.9. The quantitative estimate of drug-likeness (QED) is 0.221. The van der Waals surface area contributed by atoms with E-state index in [2.05, 4.69) is 15.6 Å². The number of carbonyl (C=O) groups is 2. The highest BCUT2D eigenvalue weighted by Gasteiger charge is 2.34. The van der Waals surface area contributed by atoms with Gasteiger partial charge >= 0.3 is 0 Å². The molecular weight excluding hydrogens is 524 g/mol. The van der Waals surface area contributed by atoms with Crippen molar-refractivity contribution < 1.29 is 28.6 Å². The van der Waals surface area contributed by atoms with Gasteiger partial charge in [-0.15, -0.1) is 0 Å². The van der Waals surface area contributed by atoms with Crippen molar-refractivity contribution in [1.82, 2.24) is 20.6 Å². The van der Waals surface area contributed by atoms with Gasteiger partial charge in [0.1, 0.15) is 24.1 Å². The highest BCUT2D eigenvalue weighted by Crippen LogP contribution is 2.39. The molecule has 0 aliphatic rings. The third-order valence-electron chi connectivity index (χ3n) is 6.56. The Morgan fingerprint density at radius 3 is 2.17 bits per heavy atom. The van der Waals surface area contributed by atoms with Crippen molar-refractivity contribution in [3.05, 3.63) is 72.4 Å². The second-order valence-electron chi connectivity index (χ2n) is 11.2. The fourth-order valence-corrected chi connectivity index (χ4v) is 4.17. The number of hydrogen-bond acceptors (Lipinski definition) is 8. The number of nitrogens with zero attached hydrogens (tertiary/aromatic N) is 2. The van der Waals surface area contributed by atoms with Crippen LogP contribution in [0.25, 0.3) is 34.0 Å². The standard InChI is InChI=1S/C31H36N4O6/c1-18(2)25(38)28(39)32-15-23(37)34-27(31(3,4)5)30-35-24(29-33-22(16-36)17-40-29)26(41-30)21-13-11-20(12-14-21)19-9-7-6-8-10-19/h6-14,17-18,25,27,36,38H,15-16H2,1-5H3,(H,32,39)(H,34,37)/t25-,27+/m0/s1. The van der Waals surface area contributed by atoms with Gasteiger partial charge in [0.05, 0.1) is 13.2 Å². The molecule has 4 rings (SSSR count). The summed E-state index contributed by atoms with van der Waals surface area (Å²) in [7, 11) is 0. The van der Waals surface area contributed by atoms with Gasteiger partial charge in [0, 0.05) is 5.56 Å². The molecule has 41 heavy (non-hydrogen) atoms. The summed E-state index contributed by atoms with van der Waals surface area (Å²) in [5.74, 6) is -0.594. The Kier molecular flexibility index (Phi) is 9.05. The van der Waals surface area contributed by atoms with E-state index in [1.807, 2.05) is 75.4 Å². The molecule has 2 amide bonds. The van der Waals surface area contributed by atoms with Crippen LogP contribution in [0.15, 0.2) is 69.7 Å². The molecule has 2 aromatic heterocycles. The second-order valence-corrected chi connectivity index (χ2v) is 11.2. The third-order valence-corrected chi connectivity index (χ3v) is 6.56. The van der Waals surface area contributed by atoms with Crippen LogP contribution < -0.4 is 10.6 Å². The fourth-order valence-electron chi connectivity index (χ4n) is 4.17. The van der Waals surface area contributed by atoms with E-state index in [4.69, 9.17) is 13.8 Å². The first-order valence-electron chi connectivity index (χ1n) is 13.4. The van der Waals surface area contributed by atoms with E-state index in [1.54, 1.807) is 13.8 Å². The summed E-state index contributed by atoms with van der Waals surface area (Å²) in [5.41, 5.74) is 2.94. The van der Waals surface area contributed by atoms with Gasteiger partial charge in [-0.25, -0.2) is 9.97 Å². The van der Waals surface area contributed by atoms with Crippen molar-refractivity contribution in [2.75, 3.05) is 6.54 Å². The van der Waals surface area contributed by atoms with E-state index in [9.17, 15) is 19.8 Å². The van der Waals surface area contributed by atoms with E-state index in [0.717, 1.165) is 16.7 Å². The van der Waals surface area contributed by atoms with Gasteiger partial charge < -0.3 is 29.7 Å². The lowest BCUT2D eigenvalue weighted by molar-refractivity contribution is -0.133. The van der Waals surface area contributed by atoms with Crippen LogP contribution in [-0.2, 0) is 16.2 Å². The van der Waals surface area contributed by atoms with Gasteiger partial charge in [-0.2, -0.15) is 0 Å². The van der Waals surface area contributed by atoms with Gasteiger partial charge in [-0.3, -0.25) is 9.59 Å². The highest BCUT2D eigenvalue weighted by molar-refractivity contribution is 5.87. The number of aliphatic hydroxyl groups is 2. The summed E-state index contributed by atoms with van der Waals surface area (Å²) >= 11 is 0. The Bertz CT molecular complexity index is 1470. The van der Waals surface area contributed by atoms with Crippen molar-refractivity contribution in [3.63, 3.8) is 0 Å². The topological polar surface area (TPSA) is 151 Å². The molecule has 10 heteroatoms. The first-order chi connectivity index (χ1) is 19.5. The average molecular weight is 561 g/mol. The first-order valence-corrected chi connectivity index (χ1v) is 13.4. The second kappa shape index (κ2) is 12.5. The van der Waals surface area contributed by atoms with E-state index in [0.29, 0.717) is 17.1 Å². The molecule has 4 aromatic rings. The number of carbonyl (C=O) groups excluding carboxylic acids is 2. The maximum atomic E-state index is 12.9. The molecule has 0 aliphatic heterocycles. The maximum Gasteiger partial charge on any atom is 0.249 e.